The second-order valence-electron chi connectivity index (χ2n) is 6.90. The number of nitrogens with zero attached hydrogens (tertiary/aromatic N) is 1. The van der Waals surface area contributed by atoms with Gasteiger partial charge in [0.25, 0.3) is 11.5 Å². The van der Waals surface area contributed by atoms with E-state index in [4.69, 9.17) is 10.5 Å². The van der Waals surface area contributed by atoms with Gasteiger partial charge >= 0.3 is 0 Å². The highest BCUT2D eigenvalue weighted by Crippen LogP contribution is 2.58. The van der Waals surface area contributed by atoms with Crippen LogP contribution in [0.4, 0.5) is 5.69 Å². The molecule has 4 rings (SSSR count). The van der Waals surface area contributed by atoms with E-state index >= 15 is 0 Å². The molecule has 0 bridgehead atoms. The number of hydrogen-bond acceptors (Lipinski definition) is 6. The van der Waals surface area contributed by atoms with Crippen LogP contribution >= 0.6 is 0 Å². The highest BCUT2D eigenvalue weighted by atomic mass is 16.6. The van der Waals surface area contributed by atoms with E-state index in [0.29, 0.717) is 5.56 Å². The minimum atomic E-state index is -2.31. The van der Waals surface area contributed by atoms with Crippen LogP contribution in [0.1, 0.15) is 53.2 Å². The molecule has 3 atom stereocenters. The molecule has 0 spiro atoms. The molecule has 26 heavy (non-hydrogen) atoms. The summed E-state index contributed by atoms with van der Waals surface area (Å²) in [4.78, 5) is 23.8. The fourth-order valence-electron chi connectivity index (χ4n) is 3.89. The van der Waals surface area contributed by atoms with E-state index in [-0.39, 0.29) is 28.5 Å². The Morgan fingerprint density at radius 2 is 2.08 bits per heavy atom. The third kappa shape index (κ3) is 1.76. The lowest BCUT2D eigenvalue weighted by molar-refractivity contribution is -0.388. The summed E-state index contributed by atoms with van der Waals surface area (Å²) in [6.07, 6.45) is 0.907. The molecule has 0 aromatic heterocycles. The van der Waals surface area contributed by atoms with Crippen molar-refractivity contribution in [2.45, 2.75) is 37.5 Å². The van der Waals surface area contributed by atoms with Crippen molar-refractivity contribution in [3.63, 3.8) is 0 Å². The molecule has 2 aliphatic rings. The summed E-state index contributed by atoms with van der Waals surface area (Å²) >= 11 is 0. The highest BCUT2D eigenvalue weighted by Gasteiger charge is 2.71. The van der Waals surface area contributed by atoms with Gasteiger partial charge in [0.05, 0.1) is 4.92 Å². The number of carbonyl (C=O) groups is 1. The number of nitro benzene ring substituents is 1. The van der Waals surface area contributed by atoms with Crippen LogP contribution in [-0.2, 0) is 11.3 Å². The monoisotopic (exact) mass is 354 g/mol. The lowest BCUT2D eigenvalue weighted by Gasteiger charge is -2.29. The van der Waals surface area contributed by atoms with E-state index in [1.807, 2.05) is 6.07 Å². The Balaban J connectivity index is 1.96. The lowest BCUT2D eigenvalue weighted by Crippen LogP contribution is -2.55. The molecule has 0 radical (unpaired) electrons. The SMILES string of the molecule is CCC(C)c1ccc2c(c1)OC1(O)c3c(cccc3[N+](=O)[O-])C(=O)C21N. The van der Waals surface area contributed by atoms with Crippen molar-refractivity contribution in [3.8, 4) is 5.75 Å². The van der Waals surface area contributed by atoms with E-state index < -0.39 is 22.0 Å². The zero-order chi connectivity index (χ0) is 18.9. The normalized spacial score (nSPS) is 26.7. The van der Waals surface area contributed by atoms with Crippen molar-refractivity contribution in [1.29, 1.82) is 0 Å². The predicted octanol–water partition coefficient (Wildman–Crippen LogP) is 2.70. The van der Waals surface area contributed by atoms with Crippen molar-refractivity contribution in [2.75, 3.05) is 0 Å². The number of carbonyl (C=O) groups excluding carboxylic acids is 1. The molecule has 7 nitrogen and oxygen atoms in total. The van der Waals surface area contributed by atoms with Crippen molar-refractivity contribution in [1.82, 2.24) is 0 Å². The van der Waals surface area contributed by atoms with Gasteiger partial charge in [-0.25, -0.2) is 0 Å². The third-order valence-corrected chi connectivity index (χ3v) is 5.58. The van der Waals surface area contributed by atoms with Crippen LogP contribution in [0.25, 0.3) is 0 Å². The summed E-state index contributed by atoms with van der Waals surface area (Å²) in [5, 5.41) is 22.7. The van der Waals surface area contributed by atoms with Crippen LogP contribution in [0.15, 0.2) is 36.4 Å². The fourth-order valence-corrected chi connectivity index (χ4v) is 3.89. The molecule has 0 fully saturated rings. The van der Waals surface area contributed by atoms with Gasteiger partial charge in [-0.2, -0.15) is 0 Å². The quantitative estimate of drug-likeness (QED) is 0.647. The van der Waals surface area contributed by atoms with Gasteiger partial charge < -0.3 is 15.6 Å². The average molecular weight is 354 g/mol. The van der Waals surface area contributed by atoms with E-state index in [0.717, 1.165) is 12.0 Å². The first kappa shape index (κ1) is 16.7. The number of nitro groups is 1. The topological polar surface area (TPSA) is 116 Å². The number of fused-ring (bicyclic) bond motifs is 5. The average Bonchev–Trinajstić information content (AvgIpc) is 2.96. The summed E-state index contributed by atoms with van der Waals surface area (Å²) < 4.78 is 5.75. The number of hydrogen-bond donors (Lipinski definition) is 2. The molecular weight excluding hydrogens is 336 g/mol. The molecule has 1 aliphatic heterocycles. The van der Waals surface area contributed by atoms with Crippen LogP contribution < -0.4 is 10.5 Å². The van der Waals surface area contributed by atoms with Crippen molar-refractivity contribution in [3.05, 3.63) is 68.8 Å². The first-order valence-electron chi connectivity index (χ1n) is 8.43. The number of aliphatic hydroxyl groups is 1. The van der Waals surface area contributed by atoms with E-state index in [9.17, 15) is 20.0 Å². The van der Waals surface area contributed by atoms with E-state index in [2.05, 4.69) is 13.8 Å². The number of ether oxygens (including phenoxy) is 1. The van der Waals surface area contributed by atoms with Gasteiger partial charge in [-0.3, -0.25) is 14.9 Å². The van der Waals surface area contributed by atoms with Gasteiger partial charge in [-0.05, 0) is 24.0 Å². The molecule has 2 aromatic carbocycles. The summed E-state index contributed by atoms with van der Waals surface area (Å²) in [7, 11) is 0. The third-order valence-electron chi connectivity index (χ3n) is 5.58. The maximum atomic E-state index is 13.0. The molecule has 0 saturated heterocycles. The Labute approximate surface area is 149 Å². The predicted molar refractivity (Wildman–Crippen MR) is 93.0 cm³/mol. The Morgan fingerprint density at radius 3 is 2.73 bits per heavy atom. The molecule has 1 aliphatic carbocycles. The Hall–Kier alpha value is -2.77. The van der Waals surface area contributed by atoms with Gasteiger partial charge in [0.15, 0.2) is 11.3 Å². The van der Waals surface area contributed by atoms with Crippen LogP contribution in [-0.4, -0.2) is 15.8 Å². The summed E-state index contributed by atoms with van der Waals surface area (Å²) in [5.74, 6) is -2.36. The van der Waals surface area contributed by atoms with Gasteiger partial charge in [-0.1, -0.05) is 38.1 Å². The highest BCUT2D eigenvalue weighted by molar-refractivity contribution is 6.11. The van der Waals surface area contributed by atoms with Crippen molar-refractivity contribution in [2.24, 2.45) is 5.73 Å². The first-order chi connectivity index (χ1) is 12.3. The van der Waals surface area contributed by atoms with Crippen LogP contribution in [0.3, 0.4) is 0 Å². The molecule has 1 heterocycles. The lowest BCUT2D eigenvalue weighted by atomic mass is 9.83. The Bertz CT molecular complexity index is 972. The maximum Gasteiger partial charge on any atom is 0.280 e. The van der Waals surface area contributed by atoms with E-state index in [1.165, 1.54) is 18.2 Å². The van der Waals surface area contributed by atoms with Crippen LogP contribution in [0, 0.1) is 10.1 Å². The molecule has 0 amide bonds. The molecule has 3 N–H and O–H groups in total. The number of rotatable bonds is 3. The standard InChI is InChI=1S/C19H18N2O5/c1-3-10(2)11-7-8-13-15(9-11)26-19(23)16-12(17(22)18(13,19)20)5-4-6-14(16)21(24)25/h4-10,23H,3,20H2,1-2H3. The minimum Gasteiger partial charge on any atom is -0.455 e. The van der Waals surface area contributed by atoms with Crippen molar-refractivity contribution < 1.29 is 19.6 Å². The van der Waals surface area contributed by atoms with E-state index in [1.54, 1.807) is 12.1 Å². The molecule has 0 saturated carbocycles. The van der Waals surface area contributed by atoms with Crippen LogP contribution in [0.5, 0.6) is 5.75 Å². The second kappa shape index (κ2) is 5.12. The molecule has 2 aromatic rings. The number of benzene rings is 2. The Morgan fingerprint density at radius 1 is 1.35 bits per heavy atom. The van der Waals surface area contributed by atoms with Gasteiger partial charge in [0.2, 0.25) is 0 Å². The van der Waals surface area contributed by atoms with Crippen LogP contribution in [0.2, 0.25) is 0 Å². The molecular formula is C19H18N2O5. The minimum absolute atomic E-state index is 0.0147. The molecule has 7 heteroatoms. The smallest absolute Gasteiger partial charge is 0.280 e. The summed E-state index contributed by atoms with van der Waals surface area (Å²) in [6, 6.07) is 9.32. The fraction of sp³-hybridized carbons (Fsp3) is 0.316. The maximum absolute atomic E-state index is 13.0. The Kier molecular flexibility index (Phi) is 3.29. The largest absolute Gasteiger partial charge is 0.455 e. The van der Waals surface area contributed by atoms with Gasteiger partial charge in [0, 0.05) is 17.2 Å². The molecule has 134 valence electrons. The molecule has 3 unspecified atom stereocenters. The zero-order valence-corrected chi connectivity index (χ0v) is 14.4. The summed E-state index contributed by atoms with van der Waals surface area (Å²) in [6.45, 7) is 4.10. The second-order valence-corrected chi connectivity index (χ2v) is 6.90. The first-order valence-corrected chi connectivity index (χ1v) is 8.43. The van der Waals surface area contributed by atoms with Gasteiger partial charge in [0.1, 0.15) is 11.3 Å². The number of Topliss-reactive ketones (excluding diaryl/α,β-unsaturated/α-hetero) is 1. The number of nitrogens with two attached hydrogens (primary N) is 1. The van der Waals surface area contributed by atoms with Crippen molar-refractivity contribution >= 4 is 11.5 Å². The summed E-state index contributed by atoms with van der Waals surface area (Å²) in [5.41, 5.74) is 5.23. The number of ketones is 1. The zero-order valence-electron chi connectivity index (χ0n) is 14.4. The van der Waals surface area contributed by atoms with Gasteiger partial charge in [-0.15, -0.1) is 0 Å².